The number of esters is 1. The highest BCUT2D eigenvalue weighted by molar-refractivity contribution is 5.95. The third-order valence-electron chi connectivity index (χ3n) is 6.50. The standard InChI is InChI=1S/C26H32N4O6/c1-4-35-25(32)22-20(28(2)26(33)27-23(22)18-8-10-19(34-3)11-9-18)17-29-12-6-13-30(15-14-29)24(31)21-7-5-16-36-21/h5,7-11,16,23H,4,6,12-15,17H2,1-3H3,(H,27,33). The van der Waals surface area contributed by atoms with Gasteiger partial charge in [-0.1, -0.05) is 12.1 Å². The number of amides is 3. The molecule has 0 saturated carbocycles. The number of methoxy groups -OCH3 is 1. The van der Waals surface area contributed by atoms with Gasteiger partial charge in [0.15, 0.2) is 5.76 Å². The molecule has 4 rings (SSSR count). The molecule has 2 aliphatic rings. The van der Waals surface area contributed by atoms with E-state index in [2.05, 4.69) is 10.2 Å². The molecule has 1 aromatic carbocycles. The largest absolute Gasteiger partial charge is 0.497 e. The minimum atomic E-state index is -0.655. The number of nitrogens with one attached hydrogen (secondary N) is 1. The number of carbonyl (C=O) groups is 3. The van der Waals surface area contributed by atoms with Crippen molar-refractivity contribution in [3.8, 4) is 5.75 Å². The molecule has 0 bridgehead atoms. The number of rotatable bonds is 7. The highest BCUT2D eigenvalue weighted by Crippen LogP contribution is 2.32. The number of carbonyl (C=O) groups excluding carboxylic acids is 3. The molecule has 0 spiro atoms. The monoisotopic (exact) mass is 496 g/mol. The van der Waals surface area contributed by atoms with Gasteiger partial charge in [-0.2, -0.15) is 0 Å². The molecule has 36 heavy (non-hydrogen) atoms. The van der Waals surface area contributed by atoms with Gasteiger partial charge in [0, 0.05) is 45.5 Å². The highest BCUT2D eigenvalue weighted by atomic mass is 16.5. The van der Waals surface area contributed by atoms with Crippen molar-refractivity contribution in [2.45, 2.75) is 19.4 Å². The maximum atomic E-state index is 13.2. The second-order valence-corrected chi connectivity index (χ2v) is 8.69. The van der Waals surface area contributed by atoms with Crippen molar-refractivity contribution < 1.29 is 28.3 Å². The predicted octanol–water partition coefficient (Wildman–Crippen LogP) is 2.65. The molecular formula is C26H32N4O6. The second kappa shape index (κ2) is 11.3. The first-order chi connectivity index (χ1) is 17.4. The molecule has 2 aliphatic heterocycles. The van der Waals surface area contributed by atoms with Gasteiger partial charge in [0.1, 0.15) is 5.75 Å². The van der Waals surface area contributed by atoms with Crippen LogP contribution in [0.5, 0.6) is 5.75 Å². The molecule has 3 heterocycles. The highest BCUT2D eigenvalue weighted by Gasteiger charge is 2.37. The van der Waals surface area contributed by atoms with Crippen molar-refractivity contribution in [2.24, 2.45) is 0 Å². The summed E-state index contributed by atoms with van der Waals surface area (Å²) in [6.45, 7) is 4.76. The zero-order chi connectivity index (χ0) is 25.7. The van der Waals surface area contributed by atoms with Crippen LogP contribution in [0.25, 0.3) is 0 Å². The SMILES string of the molecule is CCOC(=O)C1=C(CN2CCCN(C(=O)c3ccco3)CC2)N(C)C(=O)NC1c1ccc(OC)cc1. The first-order valence-electron chi connectivity index (χ1n) is 12.1. The summed E-state index contributed by atoms with van der Waals surface area (Å²) in [5.74, 6) is 0.395. The summed E-state index contributed by atoms with van der Waals surface area (Å²) in [5, 5.41) is 2.93. The molecule has 1 N–H and O–H groups in total. The third-order valence-corrected chi connectivity index (χ3v) is 6.50. The number of nitrogens with zero attached hydrogens (tertiary/aromatic N) is 3. The van der Waals surface area contributed by atoms with Gasteiger partial charge in [-0.3, -0.25) is 14.6 Å². The van der Waals surface area contributed by atoms with Crippen LogP contribution in [0.3, 0.4) is 0 Å². The average Bonchev–Trinajstić information content (AvgIpc) is 3.33. The summed E-state index contributed by atoms with van der Waals surface area (Å²) < 4.78 is 15.9. The topological polar surface area (TPSA) is 105 Å². The van der Waals surface area contributed by atoms with Crippen LogP contribution in [0.2, 0.25) is 0 Å². The molecular weight excluding hydrogens is 464 g/mol. The van der Waals surface area contributed by atoms with Crippen LogP contribution in [0, 0.1) is 0 Å². The summed E-state index contributed by atoms with van der Waals surface area (Å²) >= 11 is 0. The Labute approximate surface area is 210 Å². The fourth-order valence-corrected chi connectivity index (χ4v) is 4.54. The quantitative estimate of drug-likeness (QED) is 0.588. The predicted molar refractivity (Wildman–Crippen MR) is 131 cm³/mol. The van der Waals surface area contributed by atoms with E-state index in [1.54, 1.807) is 50.2 Å². The molecule has 1 saturated heterocycles. The Morgan fingerprint density at radius 1 is 1.11 bits per heavy atom. The molecule has 1 unspecified atom stereocenters. The van der Waals surface area contributed by atoms with E-state index in [0.29, 0.717) is 55.5 Å². The summed E-state index contributed by atoms with van der Waals surface area (Å²) in [6.07, 6.45) is 2.25. The van der Waals surface area contributed by atoms with Crippen molar-refractivity contribution in [3.05, 3.63) is 65.3 Å². The van der Waals surface area contributed by atoms with E-state index in [9.17, 15) is 14.4 Å². The van der Waals surface area contributed by atoms with Crippen LogP contribution in [-0.2, 0) is 9.53 Å². The minimum Gasteiger partial charge on any atom is -0.497 e. The Hall–Kier alpha value is -3.79. The summed E-state index contributed by atoms with van der Waals surface area (Å²) in [6, 6.07) is 9.65. The first-order valence-corrected chi connectivity index (χ1v) is 12.1. The van der Waals surface area contributed by atoms with Gasteiger partial charge in [0.05, 0.1) is 31.6 Å². The van der Waals surface area contributed by atoms with Crippen LogP contribution < -0.4 is 10.1 Å². The summed E-state index contributed by atoms with van der Waals surface area (Å²) in [4.78, 5) is 44.3. The average molecular weight is 497 g/mol. The summed E-state index contributed by atoms with van der Waals surface area (Å²) in [5.41, 5.74) is 1.74. The van der Waals surface area contributed by atoms with Gasteiger partial charge in [-0.25, -0.2) is 9.59 Å². The van der Waals surface area contributed by atoms with Crippen molar-refractivity contribution in [1.29, 1.82) is 0 Å². The van der Waals surface area contributed by atoms with Crippen LogP contribution in [0.15, 0.2) is 58.3 Å². The van der Waals surface area contributed by atoms with Crippen molar-refractivity contribution >= 4 is 17.9 Å². The van der Waals surface area contributed by atoms with Gasteiger partial charge in [0.25, 0.3) is 5.91 Å². The molecule has 3 amide bonds. The van der Waals surface area contributed by atoms with Gasteiger partial charge in [-0.15, -0.1) is 0 Å². The van der Waals surface area contributed by atoms with Crippen molar-refractivity contribution in [1.82, 2.24) is 20.0 Å². The second-order valence-electron chi connectivity index (χ2n) is 8.69. The Bertz CT molecular complexity index is 1110. The van der Waals surface area contributed by atoms with Gasteiger partial charge in [-0.05, 0) is 43.2 Å². The maximum absolute atomic E-state index is 13.2. The molecule has 10 nitrogen and oxygen atoms in total. The van der Waals surface area contributed by atoms with Gasteiger partial charge < -0.3 is 24.1 Å². The van der Waals surface area contributed by atoms with E-state index in [1.165, 1.54) is 11.2 Å². The maximum Gasteiger partial charge on any atom is 0.338 e. The van der Waals surface area contributed by atoms with E-state index >= 15 is 0 Å². The molecule has 1 atom stereocenters. The van der Waals surface area contributed by atoms with E-state index in [0.717, 1.165) is 12.0 Å². The van der Waals surface area contributed by atoms with Crippen LogP contribution in [0.1, 0.15) is 35.5 Å². The molecule has 2 aromatic rings. The number of likely N-dealkylation sites (N-methyl/N-ethyl adjacent to an activating group) is 1. The number of ether oxygens (including phenoxy) is 2. The Morgan fingerprint density at radius 3 is 2.56 bits per heavy atom. The zero-order valence-electron chi connectivity index (χ0n) is 20.9. The molecule has 0 radical (unpaired) electrons. The molecule has 0 aliphatic carbocycles. The van der Waals surface area contributed by atoms with Crippen LogP contribution in [0.4, 0.5) is 4.79 Å². The zero-order valence-corrected chi connectivity index (χ0v) is 20.9. The van der Waals surface area contributed by atoms with Crippen LogP contribution in [-0.4, -0.2) is 86.1 Å². The molecule has 1 aromatic heterocycles. The molecule has 1 fully saturated rings. The Morgan fingerprint density at radius 2 is 1.89 bits per heavy atom. The fourth-order valence-electron chi connectivity index (χ4n) is 4.54. The van der Waals surface area contributed by atoms with E-state index in [4.69, 9.17) is 13.9 Å². The lowest BCUT2D eigenvalue weighted by atomic mass is 9.94. The van der Waals surface area contributed by atoms with Crippen LogP contribution >= 0.6 is 0 Å². The fraction of sp³-hybridized carbons (Fsp3) is 0.423. The Balaban J connectivity index is 1.60. The number of hydrogen-bond acceptors (Lipinski definition) is 7. The van der Waals surface area contributed by atoms with E-state index in [1.807, 2.05) is 12.1 Å². The lowest BCUT2D eigenvalue weighted by Crippen LogP contribution is -2.49. The third kappa shape index (κ3) is 5.38. The molecule has 192 valence electrons. The number of furan rings is 1. The number of hydrogen-bond donors (Lipinski definition) is 1. The first kappa shape index (κ1) is 25.3. The Kier molecular flexibility index (Phi) is 7.94. The van der Waals surface area contributed by atoms with Crippen molar-refractivity contribution in [2.75, 3.05) is 53.5 Å². The van der Waals surface area contributed by atoms with E-state index < -0.39 is 12.0 Å². The minimum absolute atomic E-state index is 0.137. The van der Waals surface area contributed by atoms with Crippen molar-refractivity contribution in [3.63, 3.8) is 0 Å². The number of benzene rings is 1. The van der Waals surface area contributed by atoms with E-state index in [-0.39, 0.29) is 18.5 Å². The smallest absolute Gasteiger partial charge is 0.338 e. The van der Waals surface area contributed by atoms with Gasteiger partial charge >= 0.3 is 12.0 Å². The lowest BCUT2D eigenvalue weighted by Gasteiger charge is -2.36. The normalized spacial score (nSPS) is 19.1. The lowest BCUT2D eigenvalue weighted by molar-refractivity contribution is -0.139. The molecule has 10 heteroatoms. The summed E-state index contributed by atoms with van der Waals surface area (Å²) in [7, 11) is 3.23. The number of urea groups is 1. The van der Waals surface area contributed by atoms with Gasteiger partial charge in [0.2, 0.25) is 0 Å².